The van der Waals surface area contributed by atoms with Crippen LogP contribution in [0.5, 0.6) is 0 Å². The first-order chi connectivity index (χ1) is 7.60. The number of hydrogen-bond acceptors (Lipinski definition) is 3. The molecule has 0 spiro atoms. The number of nitrogens with one attached hydrogen (secondary N) is 1. The first kappa shape index (κ1) is 11.5. The highest BCUT2D eigenvalue weighted by Crippen LogP contribution is 2.33. The second-order valence-electron chi connectivity index (χ2n) is 4.58. The molecule has 0 amide bonds. The van der Waals surface area contributed by atoms with E-state index in [4.69, 9.17) is 0 Å². The van der Waals surface area contributed by atoms with Crippen LogP contribution in [-0.2, 0) is 5.60 Å². The summed E-state index contributed by atoms with van der Waals surface area (Å²) in [7, 11) is 0. The van der Waals surface area contributed by atoms with E-state index in [9.17, 15) is 9.50 Å². The Labute approximate surface area is 94.7 Å². The number of hydrogen-bond donors (Lipinski definition) is 2. The lowest BCUT2D eigenvalue weighted by molar-refractivity contribution is -0.0161. The van der Waals surface area contributed by atoms with Gasteiger partial charge in [0.25, 0.3) is 0 Å². The van der Waals surface area contributed by atoms with Gasteiger partial charge in [0, 0.05) is 24.2 Å². The van der Waals surface area contributed by atoms with Gasteiger partial charge in [0.15, 0.2) is 0 Å². The van der Waals surface area contributed by atoms with E-state index in [0.717, 1.165) is 32.1 Å². The van der Waals surface area contributed by atoms with Crippen LogP contribution in [0.15, 0.2) is 18.5 Å². The topological polar surface area (TPSA) is 45.2 Å². The van der Waals surface area contributed by atoms with Crippen molar-refractivity contribution in [1.29, 1.82) is 0 Å². The minimum atomic E-state index is -1.01. The van der Waals surface area contributed by atoms with Crippen LogP contribution in [0.3, 0.4) is 0 Å². The van der Waals surface area contributed by atoms with Gasteiger partial charge in [-0.1, -0.05) is 0 Å². The predicted molar refractivity (Wildman–Crippen MR) is 59.4 cm³/mol. The van der Waals surface area contributed by atoms with Gasteiger partial charge < -0.3 is 10.4 Å². The summed E-state index contributed by atoms with van der Waals surface area (Å²) in [6.07, 6.45) is 4.69. The fourth-order valence-corrected chi connectivity index (χ4v) is 2.26. The Morgan fingerprint density at radius 2 is 2.38 bits per heavy atom. The zero-order valence-electron chi connectivity index (χ0n) is 9.41. The zero-order chi connectivity index (χ0) is 11.6. The van der Waals surface area contributed by atoms with Gasteiger partial charge >= 0.3 is 0 Å². The predicted octanol–water partition coefficient (Wildman–Crippen LogP) is 1.43. The first-order valence-corrected chi connectivity index (χ1v) is 5.65. The molecule has 1 aromatic heterocycles. The molecule has 2 atom stereocenters. The second-order valence-corrected chi connectivity index (χ2v) is 4.58. The second kappa shape index (κ2) is 4.47. The fraction of sp³-hybridized carbons (Fsp3) is 0.583. The highest BCUT2D eigenvalue weighted by molar-refractivity contribution is 5.19. The molecule has 4 heteroatoms. The number of aliphatic hydroxyl groups is 1. The molecule has 2 unspecified atom stereocenters. The molecule has 0 aromatic carbocycles. The molecule has 2 N–H and O–H groups in total. The summed E-state index contributed by atoms with van der Waals surface area (Å²) in [6.45, 7) is 3.50. The Kier molecular flexibility index (Phi) is 3.21. The van der Waals surface area contributed by atoms with Crippen molar-refractivity contribution in [3.8, 4) is 0 Å². The van der Waals surface area contributed by atoms with E-state index in [-0.39, 0.29) is 5.92 Å². The summed E-state index contributed by atoms with van der Waals surface area (Å²) in [5, 5.41) is 13.7. The van der Waals surface area contributed by atoms with Crippen molar-refractivity contribution in [3.63, 3.8) is 0 Å². The summed E-state index contributed by atoms with van der Waals surface area (Å²) < 4.78 is 13.1. The molecule has 1 aromatic rings. The van der Waals surface area contributed by atoms with Gasteiger partial charge in [-0.25, -0.2) is 4.39 Å². The van der Waals surface area contributed by atoms with Crippen LogP contribution in [0.1, 0.15) is 25.3 Å². The summed E-state index contributed by atoms with van der Waals surface area (Å²) in [4.78, 5) is 3.79. The number of piperidine rings is 1. The lowest BCUT2D eigenvalue weighted by atomic mass is 9.79. The lowest BCUT2D eigenvalue weighted by Crippen LogP contribution is -2.42. The van der Waals surface area contributed by atoms with E-state index in [1.165, 1.54) is 12.3 Å². The minimum Gasteiger partial charge on any atom is -0.385 e. The molecule has 0 radical (unpaired) electrons. The van der Waals surface area contributed by atoms with Gasteiger partial charge in [0.05, 0.1) is 11.8 Å². The molecule has 2 heterocycles. The molecule has 3 nitrogen and oxygen atoms in total. The molecule has 1 aliphatic rings. The molecular weight excluding hydrogens is 207 g/mol. The highest BCUT2D eigenvalue weighted by Gasteiger charge is 2.34. The Hall–Kier alpha value is -1.00. The van der Waals surface area contributed by atoms with E-state index in [2.05, 4.69) is 10.3 Å². The monoisotopic (exact) mass is 224 g/mol. The van der Waals surface area contributed by atoms with Gasteiger partial charge in [-0.3, -0.25) is 4.98 Å². The Morgan fingerprint density at radius 3 is 3.00 bits per heavy atom. The number of rotatable bonds is 2. The molecule has 88 valence electrons. The van der Waals surface area contributed by atoms with E-state index in [0.29, 0.717) is 5.56 Å². The SMILES string of the molecule is CC(O)(c1cncc(F)c1)C1CCCNC1. The van der Waals surface area contributed by atoms with E-state index >= 15 is 0 Å². The van der Waals surface area contributed by atoms with Crippen LogP contribution in [0.2, 0.25) is 0 Å². The molecule has 0 saturated carbocycles. The van der Waals surface area contributed by atoms with E-state index < -0.39 is 11.4 Å². The average Bonchev–Trinajstić information content (AvgIpc) is 2.30. The molecular formula is C12H17FN2O. The number of halogens is 1. The van der Waals surface area contributed by atoms with Crippen molar-refractivity contribution in [2.24, 2.45) is 5.92 Å². The van der Waals surface area contributed by atoms with Gasteiger partial charge in [0.2, 0.25) is 0 Å². The summed E-state index contributed by atoms with van der Waals surface area (Å²) in [5.41, 5.74) is -0.455. The normalized spacial score (nSPS) is 25.1. The molecule has 1 saturated heterocycles. The first-order valence-electron chi connectivity index (χ1n) is 5.65. The highest BCUT2D eigenvalue weighted by atomic mass is 19.1. The average molecular weight is 224 g/mol. The third kappa shape index (κ3) is 2.23. The van der Waals surface area contributed by atoms with Crippen LogP contribution >= 0.6 is 0 Å². The van der Waals surface area contributed by atoms with Gasteiger partial charge in [-0.15, -0.1) is 0 Å². The minimum absolute atomic E-state index is 0.116. The maximum atomic E-state index is 13.1. The molecule has 0 aliphatic carbocycles. The van der Waals surface area contributed by atoms with Gasteiger partial charge in [-0.2, -0.15) is 0 Å². The maximum Gasteiger partial charge on any atom is 0.141 e. The largest absolute Gasteiger partial charge is 0.385 e. The number of pyridine rings is 1. The van der Waals surface area contributed by atoms with Crippen molar-refractivity contribution >= 4 is 0 Å². The quantitative estimate of drug-likeness (QED) is 0.798. The van der Waals surface area contributed by atoms with Crippen molar-refractivity contribution in [2.45, 2.75) is 25.4 Å². The fourth-order valence-electron chi connectivity index (χ4n) is 2.26. The summed E-state index contributed by atoms with van der Waals surface area (Å²) in [5.74, 6) is -0.286. The molecule has 16 heavy (non-hydrogen) atoms. The van der Waals surface area contributed by atoms with Crippen molar-refractivity contribution in [3.05, 3.63) is 29.8 Å². The molecule has 2 rings (SSSR count). The zero-order valence-corrected chi connectivity index (χ0v) is 9.41. The smallest absolute Gasteiger partial charge is 0.141 e. The van der Waals surface area contributed by atoms with Gasteiger partial charge in [-0.05, 0) is 32.4 Å². The van der Waals surface area contributed by atoms with Crippen LogP contribution in [0, 0.1) is 11.7 Å². The standard InChI is InChI=1S/C12H17FN2O/c1-12(16,9-3-2-4-14-6-9)10-5-11(13)8-15-7-10/h5,7-9,14,16H,2-4,6H2,1H3. The van der Waals surface area contributed by atoms with Crippen molar-refractivity contribution < 1.29 is 9.50 Å². The van der Waals surface area contributed by atoms with Gasteiger partial charge in [0.1, 0.15) is 5.82 Å². The van der Waals surface area contributed by atoms with Crippen LogP contribution in [-0.4, -0.2) is 23.2 Å². The number of nitrogens with zero attached hydrogens (tertiary/aromatic N) is 1. The number of aromatic nitrogens is 1. The van der Waals surface area contributed by atoms with E-state index in [1.807, 2.05) is 0 Å². The van der Waals surface area contributed by atoms with Crippen molar-refractivity contribution in [2.75, 3.05) is 13.1 Å². The molecule has 1 aliphatic heterocycles. The van der Waals surface area contributed by atoms with Crippen LogP contribution in [0.4, 0.5) is 4.39 Å². The third-order valence-corrected chi connectivity index (χ3v) is 3.38. The van der Waals surface area contributed by atoms with E-state index in [1.54, 1.807) is 6.92 Å². The Balaban J connectivity index is 2.22. The summed E-state index contributed by atoms with van der Waals surface area (Å²) in [6, 6.07) is 1.36. The third-order valence-electron chi connectivity index (χ3n) is 3.38. The van der Waals surface area contributed by atoms with Crippen LogP contribution < -0.4 is 5.32 Å². The van der Waals surface area contributed by atoms with Crippen molar-refractivity contribution in [1.82, 2.24) is 10.3 Å². The lowest BCUT2D eigenvalue weighted by Gasteiger charge is -2.36. The Bertz CT molecular complexity index is 362. The Morgan fingerprint density at radius 1 is 1.56 bits per heavy atom. The van der Waals surface area contributed by atoms with Crippen LogP contribution in [0.25, 0.3) is 0 Å². The molecule has 1 fully saturated rings. The molecule has 0 bridgehead atoms. The summed E-state index contributed by atoms with van der Waals surface area (Å²) >= 11 is 0. The maximum absolute atomic E-state index is 13.1.